The van der Waals surface area contributed by atoms with Gasteiger partial charge in [0, 0.05) is 18.2 Å². The molecule has 1 atom stereocenters. The van der Waals surface area contributed by atoms with E-state index in [4.69, 9.17) is 4.98 Å². The maximum absolute atomic E-state index is 11.4. The Hall–Kier alpha value is -1.32. The van der Waals surface area contributed by atoms with Gasteiger partial charge in [0.25, 0.3) is 0 Å². The lowest BCUT2D eigenvalue weighted by atomic mass is 9.90. The van der Waals surface area contributed by atoms with Gasteiger partial charge in [-0.05, 0) is 39.0 Å². The van der Waals surface area contributed by atoms with E-state index in [0.717, 1.165) is 50.2 Å². The molecule has 4 heteroatoms. The average molecular weight is 264 g/mol. The van der Waals surface area contributed by atoms with Gasteiger partial charge in [-0.3, -0.25) is 4.79 Å². The zero-order valence-electron chi connectivity index (χ0n) is 12.1. The van der Waals surface area contributed by atoms with E-state index >= 15 is 0 Å². The van der Waals surface area contributed by atoms with E-state index in [2.05, 4.69) is 25.3 Å². The van der Waals surface area contributed by atoms with Gasteiger partial charge >= 0.3 is 5.97 Å². The third-order valence-electron chi connectivity index (χ3n) is 4.33. The van der Waals surface area contributed by atoms with Crippen LogP contribution in [0, 0.1) is 0 Å². The lowest BCUT2D eigenvalue weighted by Crippen LogP contribution is -2.19. The topological polar surface area (TPSA) is 55.1 Å². The van der Waals surface area contributed by atoms with E-state index in [-0.39, 0.29) is 0 Å². The average Bonchev–Trinajstić information content (AvgIpc) is 2.78. The molecule has 19 heavy (non-hydrogen) atoms. The third kappa shape index (κ3) is 2.40. The Morgan fingerprint density at radius 2 is 2.11 bits per heavy atom. The quantitative estimate of drug-likeness (QED) is 0.887. The molecular formula is C15H24N2O2. The highest BCUT2D eigenvalue weighted by atomic mass is 16.4. The number of carbonyl (C=O) groups is 1. The number of carboxylic acids is 1. The SMILES string of the molecule is CCC(CC)c1nc2c(n1CC)CCCC2C(=O)O. The van der Waals surface area contributed by atoms with Crippen LogP contribution in [0.3, 0.4) is 0 Å². The molecule has 0 fully saturated rings. The highest BCUT2D eigenvalue weighted by Crippen LogP contribution is 2.35. The van der Waals surface area contributed by atoms with Gasteiger partial charge in [0.05, 0.1) is 5.69 Å². The molecule has 0 amide bonds. The van der Waals surface area contributed by atoms with E-state index in [0.29, 0.717) is 5.92 Å². The summed E-state index contributed by atoms with van der Waals surface area (Å²) in [7, 11) is 0. The lowest BCUT2D eigenvalue weighted by molar-refractivity contribution is -0.139. The molecule has 1 unspecified atom stereocenters. The number of nitrogens with zero attached hydrogens (tertiary/aromatic N) is 2. The first kappa shape index (κ1) is 14.1. The summed E-state index contributed by atoms with van der Waals surface area (Å²) in [4.78, 5) is 16.1. The van der Waals surface area contributed by atoms with Gasteiger partial charge in [-0.1, -0.05) is 13.8 Å². The van der Waals surface area contributed by atoms with Crippen molar-refractivity contribution in [3.05, 3.63) is 17.2 Å². The Morgan fingerprint density at radius 3 is 2.63 bits per heavy atom. The smallest absolute Gasteiger partial charge is 0.312 e. The molecule has 1 N–H and O–H groups in total. The molecule has 1 aliphatic carbocycles. The summed E-state index contributed by atoms with van der Waals surface area (Å²) in [5, 5.41) is 9.36. The first-order valence-electron chi connectivity index (χ1n) is 7.45. The van der Waals surface area contributed by atoms with Crippen molar-refractivity contribution < 1.29 is 9.90 Å². The normalized spacial score (nSPS) is 18.6. The van der Waals surface area contributed by atoms with Crippen LogP contribution >= 0.6 is 0 Å². The second-order valence-corrected chi connectivity index (χ2v) is 5.34. The largest absolute Gasteiger partial charge is 0.481 e. The molecule has 0 saturated heterocycles. The summed E-state index contributed by atoms with van der Waals surface area (Å²) in [5.74, 6) is 0.424. The Bertz CT molecular complexity index is 461. The number of rotatable bonds is 5. The summed E-state index contributed by atoms with van der Waals surface area (Å²) < 4.78 is 2.27. The molecule has 0 saturated carbocycles. The molecule has 1 heterocycles. The molecule has 0 bridgehead atoms. The number of aromatic nitrogens is 2. The summed E-state index contributed by atoms with van der Waals surface area (Å²) in [6.45, 7) is 7.37. The monoisotopic (exact) mass is 264 g/mol. The van der Waals surface area contributed by atoms with Gasteiger partial charge < -0.3 is 9.67 Å². The molecule has 0 aromatic carbocycles. The van der Waals surface area contributed by atoms with Crippen LogP contribution in [0.25, 0.3) is 0 Å². The van der Waals surface area contributed by atoms with Crippen molar-refractivity contribution in [1.29, 1.82) is 0 Å². The van der Waals surface area contributed by atoms with Crippen molar-refractivity contribution in [2.24, 2.45) is 0 Å². The minimum atomic E-state index is -0.724. The second-order valence-electron chi connectivity index (χ2n) is 5.34. The van der Waals surface area contributed by atoms with Gasteiger partial charge in [-0.25, -0.2) is 4.98 Å². The van der Waals surface area contributed by atoms with E-state index < -0.39 is 11.9 Å². The fourth-order valence-electron chi connectivity index (χ4n) is 3.24. The standard InChI is InChI=1S/C15H24N2O2/c1-4-10(5-2)14-16-13-11(15(18)19)8-7-9-12(13)17(14)6-3/h10-11H,4-9H2,1-3H3,(H,18,19). The molecule has 2 rings (SSSR count). The van der Waals surface area contributed by atoms with Crippen LogP contribution in [0.4, 0.5) is 0 Å². The van der Waals surface area contributed by atoms with Crippen molar-refractivity contribution in [3.8, 4) is 0 Å². The number of fused-ring (bicyclic) bond motifs is 1. The minimum Gasteiger partial charge on any atom is -0.481 e. The van der Waals surface area contributed by atoms with Crippen molar-refractivity contribution in [2.45, 2.75) is 71.3 Å². The van der Waals surface area contributed by atoms with Crippen molar-refractivity contribution in [3.63, 3.8) is 0 Å². The van der Waals surface area contributed by atoms with Gasteiger partial charge in [0.15, 0.2) is 0 Å². The number of hydrogen-bond donors (Lipinski definition) is 1. The number of imidazole rings is 1. The highest BCUT2D eigenvalue weighted by Gasteiger charge is 2.32. The van der Waals surface area contributed by atoms with Crippen LogP contribution in [0.2, 0.25) is 0 Å². The second kappa shape index (κ2) is 5.76. The molecule has 0 radical (unpaired) electrons. The predicted octanol–water partition coefficient (Wildman–Crippen LogP) is 3.31. The van der Waals surface area contributed by atoms with Crippen molar-refractivity contribution >= 4 is 5.97 Å². The van der Waals surface area contributed by atoms with Crippen molar-refractivity contribution in [2.75, 3.05) is 0 Å². The summed E-state index contributed by atoms with van der Waals surface area (Å²) >= 11 is 0. The molecule has 0 aliphatic heterocycles. The van der Waals surface area contributed by atoms with Crippen LogP contribution in [-0.4, -0.2) is 20.6 Å². The molecule has 4 nitrogen and oxygen atoms in total. The van der Waals surface area contributed by atoms with E-state index in [1.54, 1.807) is 0 Å². The summed E-state index contributed by atoms with van der Waals surface area (Å²) in [6.07, 6.45) is 4.78. The Labute approximate surface area is 114 Å². The maximum Gasteiger partial charge on any atom is 0.312 e. The molecule has 1 aliphatic rings. The number of aliphatic carboxylic acids is 1. The Balaban J connectivity index is 2.50. The first-order valence-corrected chi connectivity index (χ1v) is 7.45. The van der Waals surface area contributed by atoms with Crippen LogP contribution in [-0.2, 0) is 17.8 Å². The third-order valence-corrected chi connectivity index (χ3v) is 4.33. The number of hydrogen-bond acceptors (Lipinski definition) is 2. The van der Waals surface area contributed by atoms with Gasteiger partial charge in [0.2, 0.25) is 0 Å². The van der Waals surface area contributed by atoms with E-state index in [1.807, 2.05) is 0 Å². The van der Waals surface area contributed by atoms with Crippen LogP contribution in [0.15, 0.2) is 0 Å². The minimum absolute atomic E-state index is 0.398. The van der Waals surface area contributed by atoms with E-state index in [1.165, 1.54) is 5.69 Å². The van der Waals surface area contributed by atoms with Gasteiger partial charge in [0.1, 0.15) is 11.7 Å². The van der Waals surface area contributed by atoms with Crippen LogP contribution in [0.1, 0.15) is 75.5 Å². The zero-order chi connectivity index (χ0) is 14.0. The molecule has 0 spiro atoms. The first-order chi connectivity index (χ1) is 9.13. The van der Waals surface area contributed by atoms with E-state index in [9.17, 15) is 9.90 Å². The fraction of sp³-hybridized carbons (Fsp3) is 0.733. The van der Waals surface area contributed by atoms with Gasteiger partial charge in [-0.15, -0.1) is 0 Å². The maximum atomic E-state index is 11.4. The predicted molar refractivity (Wildman–Crippen MR) is 74.5 cm³/mol. The Kier molecular flexibility index (Phi) is 4.27. The van der Waals surface area contributed by atoms with Crippen molar-refractivity contribution in [1.82, 2.24) is 9.55 Å². The fourth-order valence-corrected chi connectivity index (χ4v) is 3.24. The summed E-state index contributed by atoms with van der Waals surface area (Å²) in [6, 6.07) is 0. The number of carboxylic acid groups (broad SMARTS) is 1. The van der Waals surface area contributed by atoms with Crippen LogP contribution in [0.5, 0.6) is 0 Å². The molecule has 1 aromatic rings. The molecular weight excluding hydrogens is 240 g/mol. The lowest BCUT2D eigenvalue weighted by Gasteiger charge is -2.19. The van der Waals surface area contributed by atoms with Gasteiger partial charge in [-0.2, -0.15) is 0 Å². The van der Waals surface area contributed by atoms with Crippen LogP contribution < -0.4 is 0 Å². The zero-order valence-corrected chi connectivity index (χ0v) is 12.1. The summed E-state index contributed by atoms with van der Waals surface area (Å²) in [5.41, 5.74) is 2.01. The molecule has 106 valence electrons. The highest BCUT2D eigenvalue weighted by molar-refractivity contribution is 5.76. The molecule has 1 aromatic heterocycles. The Morgan fingerprint density at radius 1 is 1.42 bits per heavy atom.